The van der Waals surface area contributed by atoms with E-state index in [2.05, 4.69) is 19.9 Å². The predicted molar refractivity (Wildman–Crippen MR) is 86.1 cm³/mol. The van der Waals surface area contributed by atoms with Crippen molar-refractivity contribution in [2.75, 3.05) is 14.2 Å². The fraction of sp³-hybridized carbons (Fsp3) is 0.278. The van der Waals surface area contributed by atoms with Gasteiger partial charge in [-0.3, -0.25) is 0 Å². The fourth-order valence-corrected chi connectivity index (χ4v) is 3.03. The third-order valence-corrected chi connectivity index (χ3v) is 4.29. The van der Waals surface area contributed by atoms with Crippen LogP contribution < -0.4 is 30.9 Å². The number of methoxy groups -OCH3 is 2. The van der Waals surface area contributed by atoms with Crippen LogP contribution >= 0.6 is 0 Å². The third kappa shape index (κ3) is 2.59. The highest BCUT2D eigenvalue weighted by molar-refractivity contribution is 6.00. The van der Waals surface area contributed by atoms with Crippen molar-refractivity contribution in [1.29, 1.82) is 0 Å². The second-order valence-corrected chi connectivity index (χ2v) is 5.58. The lowest BCUT2D eigenvalue weighted by atomic mass is 10.0. The van der Waals surface area contributed by atoms with E-state index in [9.17, 15) is 5.11 Å². The summed E-state index contributed by atoms with van der Waals surface area (Å²) in [5, 5.41) is 12.1. The highest BCUT2D eigenvalue weighted by Crippen LogP contribution is 2.37. The van der Waals surface area contributed by atoms with Crippen LogP contribution in [-0.2, 0) is 0 Å². The van der Waals surface area contributed by atoms with Crippen molar-refractivity contribution in [3.05, 3.63) is 41.2 Å². The van der Waals surface area contributed by atoms with E-state index in [0.717, 1.165) is 27.5 Å². The number of ether oxygens (including phenoxy) is 2. The van der Waals surface area contributed by atoms with Gasteiger partial charge in [0.1, 0.15) is 0 Å². The molecule has 23 heavy (non-hydrogen) atoms. The van der Waals surface area contributed by atoms with Crippen molar-refractivity contribution in [3.8, 4) is 17.2 Å². The number of rotatable bonds is 2. The predicted octanol–water partition coefficient (Wildman–Crippen LogP) is 0.231. The number of nitrogens with zero attached hydrogens (tertiary/aromatic N) is 1. The number of hydrogen-bond donors (Lipinski definition) is 1. The molecule has 0 saturated heterocycles. The van der Waals surface area contributed by atoms with E-state index in [-0.39, 0.29) is 22.7 Å². The molecule has 0 spiro atoms. The van der Waals surface area contributed by atoms with Crippen LogP contribution in [0.5, 0.6) is 17.2 Å². The van der Waals surface area contributed by atoms with Crippen LogP contribution in [-0.4, -0.2) is 19.3 Å². The summed E-state index contributed by atoms with van der Waals surface area (Å²) in [6, 6.07) is 5.90. The summed E-state index contributed by atoms with van der Waals surface area (Å²) in [6.45, 7) is 6.20. The Morgan fingerprint density at radius 1 is 0.870 bits per heavy atom. The van der Waals surface area contributed by atoms with Gasteiger partial charge in [0, 0.05) is 23.4 Å². The Hall–Kier alpha value is -2.01. The zero-order chi connectivity index (χ0) is 16.0. The first-order chi connectivity index (χ1) is 10.5. The summed E-state index contributed by atoms with van der Waals surface area (Å²) in [5.74, 6) is 1.48. The molecule has 3 aromatic rings. The quantitative estimate of drug-likeness (QED) is 0.513. The maximum absolute atomic E-state index is 10.4. The second-order valence-electron chi connectivity index (χ2n) is 5.58. The largest absolute Gasteiger partial charge is 1.00 e. The minimum atomic E-state index is 0. The molecule has 0 saturated carbocycles. The molecule has 122 valence electrons. The van der Waals surface area contributed by atoms with Crippen LogP contribution in [0.25, 0.3) is 16.3 Å². The van der Waals surface area contributed by atoms with Gasteiger partial charge in [-0.25, -0.2) is 0 Å². The number of fused-ring (bicyclic) bond motifs is 3. The summed E-state index contributed by atoms with van der Waals surface area (Å²) in [6.07, 6.45) is 1.76. The first-order valence-electron chi connectivity index (χ1n) is 7.17. The Bertz CT molecular complexity index is 906. The number of aromatic nitrogens is 1. The Morgan fingerprint density at radius 3 is 2.00 bits per heavy atom. The molecular weight excluding hydrogens is 358 g/mol. The average Bonchev–Trinajstić information content (AvgIpc) is 2.51. The lowest BCUT2D eigenvalue weighted by Gasteiger charge is -2.11. The highest BCUT2D eigenvalue weighted by Gasteiger charge is 2.21. The number of aromatic hydroxyl groups is 1. The molecule has 2 heterocycles. The smallest absolute Gasteiger partial charge is 0.222 e. The second kappa shape index (κ2) is 6.24. The van der Waals surface area contributed by atoms with E-state index in [1.807, 2.05) is 23.5 Å². The number of benzene rings is 1. The molecule has 0 bridgehead atoms. The monoisotopic (exact) mass is 377 g/mol. The van der Waals surface area contributed by atoms with Crippen LogP contribution in [0.3, 0.4) is 0 Å². The summed E-state index contributed by atoms with van der Waals surface area (Å²) < 4.78 is 12.8. The maximum Gasteiger partial charge on any atom is 0.222 e. The van der Waals surface area contributed by atoms with E-state index in [1.165, 1.54) is 5.56 Å². The van der Waals surface area contributed by atoms with Gasteiger partial charge in [0.2, 0.25) is 11.7 Å². The molecule has 0 unspecified atom stereocenters. The van der Waals surface area contributed by atoms with Gasteiger partial charge in [-0.15, -0.1) is 0 Å². The van der Waals surface area contributed by atoms with Crippen molar-refractivity contribution >= 4 is 16.3 Å². The highest BCUT2D eigenvalue weighted by atomic mass is 79.9. The van der Waals surface area contributed by atoms with E-state index in [4.69, 9.17) is 9.47 Å². The fourth-order valence-electron chi connectivity index (χ4n) is 3.03. The molecule has 0 atom stereocenters. The molecular formula is C18H20BrNO3. The first kappa shape index (κ1) is 17.3. The molecule has 1 N–H and O–H groups in total. The lowest BCUT2D eigenvalue weighted by Crippen LogP contribution is -3.00. The molecule has 0 amide bonds. The van der Waals surface area contributed by atoms with Crippen molar-refractivity contribution in [2.45, 2.75) is 20.8 Å². The molecule has 0 aliphatic carbocycles. The Morgan fingerprint density at radius 2 is 1.43 bits per heavy atom. The van der Waals surface area contributed by atoms with Crippen LogP contribution in [0.1, 0.15) is 16.8 Å². The number of aryl methyl sites for hydroxylation is 3. The Balaban J connectivity index is 0.00000192. The Kier molecular flexibility index (Phi) is 4.71. The lowest BCUT2D eigenvalue weighted by molar-refractivity contribution is -0.520. The summed E-state index contributed by atoms with van der Waals surface area (Å²) in [5.41, 5.74) is 4.51. The number of halogens is 1. The van der Waals surface area contributed by atoms with E-state index in [0.29, 0.717) is 11.5 Å². The summed E-state index contributed by atoms with van der Waals surface area (Å²) >= 11 is 0. The van der Waals surface area contributed by atoms with Gasteiger partial charge in [0.15, 0.2) is 22.9 Å². The molecule has 0 aliphatic heterocycles. The molecule has 0 fully saturated rings. The Labute approximate surface area is 146 Å². The minimum Gasteiger partial charge on any atom is -1.00 e. The zero-order valence-electron chi connectivity index (χ0n) is 13.9. The zero-order valence-corrected chi connectivity index (χ0v) is 15.5. The van der Waals surface area contributed by atoms with Crippen LogP contribution in [0.4, 0.5) is 0 Å². The topological polar surface area (TPSA) is 42.8 Å². The molecule has 0 aliphatic rings. The third-order valence-electron chi connectivity index (χ3n) is 4.29. The molecule has 1 aromatic carbocycles. The van der Waals surface area contributed by atoms with E-state index < -0.39 is 0 Å². The number of hydrogen-bond acceptors (Lipinski definition) is 3. The van der Waals surface area contributed by atoms with Crippen molar-refractivity contribution < 1.29 is 36.0 Å². The summed E-state index contributed by atoms with van der Waals surface area (Å²) in [7, 11) is 3.21. The molecule has 5 heteroatoms. The average molecular weight is 378 g/mol. The molecule has 3 rings (SSSR count). The normalized spacial score (nSPS) is 10.7. The van der Waals surface area contributed by atoms with E-state index in [1.54, 1.807) is 20.4 Å². The van der Waals surface area contributed by atoms with Crippen molar-refractivity contribution in [3.63, 3.8) is 0 Å². The van der Waals surface area contributed by atoms with Gasteiger partial charge in [-0.2, -0.15) is 4.40 Å². The van der Waals surface area contributed by atoms with Crippen LogP contribution in [0, 0.1) is 20.8 Å². The number of pyridine rings is 2. The summed E-state index contributed by atoms with van der Waals surface area (Å²) in [4.78, 5) is 0. The SMILES string of the molecule is COc1cc2c(O)c[n+]3c(C)c(C)cc(C)c3c2cc1OC.[Br-]. The van der Waals surface area contributed by atoms with Crippen LogP contribution in [0.2, 0.25) is 0 Å². The first-order valence-corrected chi connectivity index (χ1v) is 7.17. The molecule has 0 radical (unpaired) electrons. The van der Waals surface area contributed by atoms with Gasteiger partial charge < -0.3 is 31.6 Å². The van der Waals surface area contributed by atoms with Gasteiger partial charge in [-0.1, -0.05) is 0 Å². The molecule has 2 aromatic heterocycles. The minimum absolute atomic E-state index is 0. The van der Waals surface area contributed by atoms with Crippen molar-refractivity contribution in [1.82, 2.24) is 0 Å². The van der Waals surface area contributed by atoms with E-state index >= 15 is 0 Å². The standard InChI is InChI=1S/C18H19NO3.BrH/c1-10-6-11(2)18-14-8-17(22-5)16(21-4)7-13(14)15(20)9-19(18)12(10)3;/h6-9H,1-5H3;1H. The van der Waals surface area contributed by atoms with Gasteiger partial charge in [-0.05, 0) is 32.0 Å². The van der Waals surface area contributed by atoms with Crippen molar-refractivity contribution in [2.24, 2.45) is 0 Å². The van der Waals surface area contributed by atoms with Gasteiger partial charge in [0.25, 0.3) is 0 Å². The molecule has 4 nitrogen and oxygen atoms in total. The van der Waals surface area contributed by atoms with Crippen LogP contribution in [0.15, 0.2) is 24.4 Å². The van der Waals surface area contributed by atoms with Gasteiger partial charge >= 0.3 is 0 Å². The maximum atomic E-state index is 10.4. The van der Waals surface area contributed by atoms with Gasteiger partial charge in [0.05, 0.1) is 19.6 Å².